The van der Waals surface area contributed by atoms with Crippen LogP contribution < -0.4 is 4.74 Å². The molecule has 0 atom stereocenters. The lowest BCUT2D eigenvalue weighted by Crippen LogP contribution is -2.45. The maximum atomic E-state index is 14.0. The highest BCUT2D eigenvalue weighted by atomic mass is 35.5. The molecular weight excluding hydrogens is 568 g/mol. The molecule has 1 heterocycles. The van der Waals surface area contributed by atoms with Gasteiger partial charge in [0.25, 0.3) is 0 Å². The fourth-order valence-electron chi connectivity index (χ4n) is 6.37. The molecule has 0 amide bonds. The van der Waals surface area contributed by atoms with Crippen molar-refractivity contribution in [2.24, 2.45) is 10.8 Å². The number of hydrogen-bond donors (Lipinski definition) is 1. The lowest BCUT2D eigenvalue weighted by Gasteiger charge is -2.48. The molecule has 1 aliphatic heterocycles. The summed E-state index contributed by atoms with van der Waals surface area (Å²) in [7, 11) is 0. The van der Waals surface area contributed by atoms with E-state index in [1.165, 1.54) is 18.2 Å². The van der Waals surface area contributed by atoms with Gasteiger partial charge >= 0.3 is 5.97 Å². The van der Waals surface area contributed by atoms with Crippen molar-refractivity contribution in [3.8, 4) is 5.75 Å². The van der Waals surface area contributed by atoms with Gasteiger partial charge in [0.15, 0.2) is 11.6 Å². The molecule has 0 bridgehead atoms. The number of carboxylic acid groups (broad SMARTS) is 1. The van der Waals surface area contributed by atoms with Gasteiger partial charge in [-0.2, -0.15) is 0 Å². The quantitative estimate of drug-likeness (QED) is 0.370. The van der Waals surface area contributed by atoms with Crippen molar-refractivity contribution >= 4 is 40.7 Å². The molecule has 216 valence electrons. The SMILES string of the molecule is CC1(C)CC(=O)C2=C(C1)N(CC(=O)O)C1=C(C(=O)CC(C)(C)C1)C2c1cc(Cl)cc(Cl)c1OCc1ccc(F)cc1. The van der Waals surface area contributed by atoms with Gasteiger partial charge in [0.1, 0.15) is 24.7 Å². The second-order valence-corrected chi connectivity index (χ2v) is 13.6. The normalized spacial score (nSPS) is 20.2. The van der Waals surface area contributed by atoms with Crippen LogP contribution >= 0.6 is 23.2 Å². The van der Waals surface area contributed by atoms with E-state index in [2.05, 4.69) is 0 Å². The Bertz CT molecular complexity index is 1470. The highest BCUT2D eigenvalue weighted by Gasteiger charge is 2.50. The summed E-state index contributed by atoms with van der Waals surface area (Å²) in [5.41, 5.74) is 2.37. The fourth-order valence-corrected chi connectivity index (χ4v) is 6.93. The number of nitrogens with zero attached hydrogens (tertiary/aromatic N) is 1. The smallest absolute Gasteiger partial charge is 0.323 e. The van der Waals surface area contributed by atoms with E-state index in [0.717, 1.165) is 0 Å². The van der Waals surface area contributed by atoms with Gasteiger partial charge in [-0.05, 0) is 53.5 Å². The summed E-state index contributed by atoms with van der Waals surface area (Å²) < 4.78 is 19.7. The summed E-state index contributed by atoms with van der Waals surface area (Å²) in [4.78, 5) is 41.7. The van der Waals surface area contributed by atoms with Crippen molar-refractivity contribution in [1.29, 1.82) is 0 Å². The third-order valence-electron chi connectivity index (χ3n) is 7.96. The highest BCUT2D eigenvalue weighted by molar-refractivity contribution is 6.35. The van der Waals surface area contributed by atoms with Crippen molar-refractivity contribution in [2.75, 3.05) is 6.54 Å². The van der Waals surface area contributed by atoms with E-state index in [1.54, 1.807) is 23.1 Å². The molecule has 1 N–H and O–H groups in total. The maximum Gasteiger partial charge on any atom is 0.323 e. The van der Waals surface area contributed by atoms with Gasteiger partial charge in [0.05, 0.1) is 5.02 Å². The lowest BCUT2D eigenvalue weighted by molar-refractivity contribution is -0.138. The third kappa shape index (κ3) is 5.80. The van der Waals surface area contributed by atoms with Gasteiger partial charge < -0.3 is 14.7 Å². The Kier molecular flexibility index (Phi) is 7.58. The number of aliphatic carboxylic acids is 1. The molecule has 0 saturated heterocycles. The van der Waals surface area contributed by atoms with Crippen LogP contribution in [0.2, 0.25) is 10.0 Å². The fraction of sp³-hybridized carbons (Fsp3) is 0.406. The van der Waals surface area contributed by atoms with Crippen molar-refractivity contribution < 1.29 is 28.6 Å². The number of hydrogen-bond acceptors (Lipinski definition) is 5. The van der Waals surface area contributed by atoms with Crippen LogP contribution in [0.1, 0.15) is 70.4 Å². The summed E-state index contributed by atoms with van der Waals surface area (Å²) in [6, 6.07) is 9.07. The number of halogens is 3. The predicted octanol–water partition coefficient (Wildman–Crippen LogP) is 7.48. The Hall–Kier alpha value is -3.16. The van der Waals surface area contributed by atoms with Crippen LogP contribution in [-0.4, -0.2) is 34.1 Å². The lowest BCUT2D eigenvalue weighted by atomic mass is 9.63. The topological polar surface area (TPSA) is 83.9 Å². The predicted molar refractivity (Wildman–Crippen MR) is 154 cm³/mol. The Morgan fingerprint density at radius 2 is 1.49 bits per heavy atom. The number of Topliss-reactive ketones (excluding diaryl/α,β-unsaturated/α-hetero) is 2. The van der Waals surface area contributed by atoms with Gasteiger partial charge in [-0.3, -0.25) is 14.4 Å². The standard InChI is InChI=1S/C32H32Cl2FNO5/c1-31(2)11-22-28(24(37)13-31)27(29-23(36(22)15-26(39)40)12-32(3,4)14-25(29)38)20-9-18(33)10-21(34)30(20)41-16-17-5-7-19(35)8-6-17/h5-10,27H,11-16H2,1-4H3,(H,39,40). The monoisotopic (exact) mass is 599 g/mol. The Morgan fingerprint density at radius 3 is 2.00 bits per heavy atom. The second-order valence-electron chi connectivity index (χ2n) is 12.7. The van der Waals surface area contributed by atoms with Crippen molar-refractivity contribution in [2.45, 2.75) is 65.9 Å². The number of allylic oxidation sites excluding steroid dienone is 4. The van der Waals surface area contributed by atoms with E-state index in [1.807, 2.05) is 27.7 Å². The molecule has 0 radical (unpaired) electrons. The summed E-state index contributed by atoms with van der Waals surface area (Å²) in [5, 5.41) is 10.4. The number of benzene rings is 2. The van der Waals surface area contributed by atoms with Crippen LogP contribution in [-0.2, 0) is 21.0 Å². The van der Waals surface area contributed by atoms with Crippen LogP contribution in [0.5, 0.6) is 5.75 Å². The Morgan fingerprint density at radius 1 is 0.951 bits per heavy atom. The highest BCUT2D eigenvalue weighted by Crippen LogP contribution is 2.56. The van der Waals surface area contributed by atoms with Gasteiger partial charge in [0.2, 0.25) is 0 Å². The van der Waals surface area contributed by atoms with Gasteiger partial charge in [-0.15, -0.1) is 0 Å². The minimum Gasteiger partial charge on any atom is -0.487 e. The number of ketones is 2. The number of carboxylic acids is 1. The largest absolute Gasteiger partial charge is 0.487 e. The van der Waals surface area contributed by atoms with Gasteiger partial charge in [-0.1, -0.05) is 63.0 Å². The van der Waals surface area contributed by atoms with Crippen molar-refractivity contribution in [3.63, 3.8) is 0 Å². The molecule has 9 heteroatoms. The zero-order valence-corrected chi connectivity index (χ0v) is 25.0. The number of rotatable bonds is 6. The molecular formula is C32H32Cl2FNO5. The molecule has 0 unspecified atom stereocenters. The minimum absolute atomic E-state index is 0.0618. The first-order valence-corrected chi connectivity index (χ1v) is 14.3. The average molecular weight is 601 g/mol. The molecule has 2 aromatic carbocycles. The molecule has 2 aromatic rings. The summed E-state index contributed by atoms with van der Waals surface area (Å²) >= 11 is 13.2. The first-order chi connectivity index (χ1) is 19.2. The number of carbonyl (C=O) groups excluding carboxylic acids is 2. The first kappa shape index (κ1) is 29.3. The molecule has 6 nitrogen and oxygen atoms in total. The minimum atomic E-state index is -1.05. The number of carbonyl (C=O) groups is 3. The molecule has 3 aliphatic rings. The van der Waals surface area contributed by atoms with Gasteiger partial charge in [0, 0.05) is 51.9 Å². The molecule has 2 aliphatic carbocycles. The van der Waals surface area contributed by atoms with Crippen LogP contribution in [0.15, 0.2) is 58.9 Å². The molecule has 5 rings (SSSR count). The molecule has 41 heavy (non-hydrogen) atoms. The van der Waals surface area contributed by atoms with E-state index in [9.17, 15) is 23.9 Å². The third-order valence-corrected chi connectivity index (χ3v) is 8.46. The summed E-state index contributed by atoms with van der Waals surface area (Å²) in [6.45, 7) is 7.63. The van der Waals surface area contributed by atoms with E-state index in [4.69, 9.17) is 27.9 Å². The van der Waals surface area contributed by atoms with Gasteiger partial charge in [-0.25, -0.2) is 4.39 Å². The summed E-state index contributed by atoms with van der Waals surface area (Å²) in [6.07, 6.45) is 1.41. The van der Waals surface area contributed by atoms with Crippen molar-refractivity contribution in [3.05, 3.63) is 85.9 Å². The number of ether oxygens (including phenoxy) is 1. The zero-order valence-electron chi connectivity index (χ0n) is 23.4. The average Bonchev–Trinajstić information content (AvgIpc) is 2.83. The second kappa shape index (κ2) is 10.6. The van der Waals surface area contributed by atoms with E-state index in [-0.39, 0.29) is 54.1 Å². The van der Waals surface area contributed by atoms with Crippen LogP contribution in [0.25, 0.3) is 0 Å². The molecule has 0 saturated carbocycles. The van der Waals surface area contributed by atoms with E-state index < -0.39 is 22.7 Å². The Balaban J connectivity index is 1.74. The zero-order chi connectivity index (χ0) is 29.9. The van der Waals surface area contributed by atoms with Crippen molar-refractivity contribution in [1.82, 2.24) is 4.90 Å². The first-order valence-electron chi connectivity index (χ1n) is 13.5. The molecule has 0 fully saturated rings. The summed E-state index contributed by atoms with van der Waals surface area (Å²) in [5.74, 6) is -2.28. The van der Waals surface area contributed by atoms with E-state index >= 15 is 0 Å². The molecule has 0 aromatic heterocycles. The van der Waals surface area contributed by atoms with E-state index in [0.29, 0.717) is 51.5 Å². The maximum absolute atomic E-state index is 14.0. The van der Waals surface area contributed by atoms with Crippen LogP contribution in [0, 0.1) is 16.6 Å². The van der Waals surface area contributed by atoms with Crippen LogP contribution in [0.4, 0.5) is 4.39 Å². The Labute approximate surface area is 248 Å². The molecule has 0 spiro atoms. The van der Waals surface area contributed by atoms with Crippen LogP contribution in [0.3, 0.4) is 0 Å².